The van der Waals surface area contributed by atoms with Gasteiger partial charge >= 0.3 is 0 Å². The van der Waals surface area contributed by atoms with Gasteiger partial charge in [0.25, 0.3) is 0 Å². The highest BCUT2D eigenvalue weighted by atomic mass is 79.9. The Morgan fingerprint density at radius 2 is 1.94 bits per heavy atom. The molecule has 0 aromatic heterocycles. The maximum absolute atomic E-state index is 11.7. The fraction of sp³-hybridized carbons (Fsp3) is 0.385. The maximum atomic E-state index is 11.7. The molecule has 0 unspecified atom stereocenters. The van der Waals surface area contributed by atoms with Gasteiger partial charge in [-0.15, -0.1) is 0 Å². The highest BCUT2D eigenvalue weighted by molar-refractivity contribution is 9.10. The van der Waals surface area contributed by atoms with Crippen molar-refractivity contribution >= 4 is 27.7 Å². The van der Waals surface area contributed by atoms with Crippen LogP contribution in [0.1, 0.15) is 25.8 Å². The van der Waals surface area contributed by atoms with E-state index in [-0.39, 0.29) is 5.91 Å². The summed E-state index contributed by atoms with van der Waals surface area (Å²) >= 11 is 3.43. The van der Waals surface area contributed by atoms with E-state index >= 15 is 0 Å². The number of nitrogens with two attached hydrogens (primary N) is 1. The fourth-order valence-corrected chi connectivity index (χ4v) is 1.91. The predicted molar refractivity (Wildman–Crippen MR) is 73.9 cm³/mol. The Morgan fingerprint density at radius 3 is 2.50 bits per heavy atom. The third kappa shape index (κ3) is 4.14. The summed E-state index contributed by atoms with van der Waals surface area (Å²) in [5.41, 5.74) is 5.24. The van der Waals surface area contributed by atoms with E-state index in [1.54, 1.807) is 13.8 Å². The zero-order chi connectivity index (χ0) is 13.8. The second kappa shape index (κ2) is 6.00. The third-order valence-corrected chi connectivity index (χ3v) is 3.42. The molecule has 0 spiro atoms. The topological polar surface area (TPSA) is 72.2 Å². The average Bonchev–Trinajstić information content (AvgIpc) is 2.27. The first-order valence-corrected chi connectivity index (χ1v) is 6.46. The van der Waals surface area contributed by atoms with E-state index in [9.17, 15) is 9.59 Å². The van der Waals surface area contributed by atoms with Gasteiger partial charge in [0.2, 0.25) is 11.8 Å². The molecule has 0 saturated carbocycles. The zero-order valence-corrected chi connectivity index (χ0v) is 12.1. The standard InChI is InChI=1S/C13H17BrN2O2/c1-13(2,12(15)18)16-11(17)8-7-9-5-3-4-6-10(9)14/h3-6H,7-8H2,1-2H3,(H2,15,18)(H,16,17). The summed E-state index contributed by atoms with van der Waals surface area (Å²) in [7, 11) is 0. The quantitative estimate of drug-likeness (QED) is 0.869. The van der Waals surface area contributed by atoms with E-state index in [2.05, 4.69) is 21.2 Å². The first kappa shape index (κ1) is 14.7. The van der Waals surface area contributed by atoms with Crippen molar-refractivity contribution in [1.82, 2.24) is 5.32 Å². The van der Waals surface area contributed by atoms with E-state index in [1.165, 1.54) is 0 Å². The van der Waals surface area contributed by atoms with Crippen molar-refractivity contribution < 1.29 is 9.59 Å². The first-order chi connectivity index (χ1) is 8.33. The van der Waals surface area contributed by atoms with Crippen LogP contribution in [-0.2, 0) is 16.0 Å². The van der Waals surface area contributed by atoms with Gasteiger partial charge in [0.05, 0.1) is 0 Å². The molecule has 0 bridgehead atoms. The number of benzene rings is 1. The highest BCUT2D eigenvalue weighted by Crippen LogP contribution is 2.17. The lowest BCUT2D eigenvalue weighted by Crippen LogP contribution is -2.53. The second-order valence-electron chi connectivity index (χ2n) is 4.63. The molecule has 18 heavy (non-hydrogen) atoms. The molecule has 0 aliphatic carbocycles. The van der Waals surface area contributed by atoms with E-state index < -0.39 is 11.4 Å². The van der Waals surface area contributed by atoms with Crippen LogP contribution in [0.15, 0.2) is 28.7 Å². The minimum atomic E-state index is -1.01. The van der Waals surface area contributed by atoms with Crippen molar-refractivity contribution in [2.75, 3.05) is 0 Å². The molecule has 0 radical (unpaired) electrons. The van der Waals surface area contributed by atoms with Gasteiger partial charge in [-0.05, 0) is 31.9 Å². The van der Waals surface area contributed by atoms with Crippen LogP contribution in [0.2, 0.25) is 0 Å². The normalized spacial score (nSPS) is 11.1. The molecule has 1 aromatic rings. The molecule has 5 heteroatoms. The number of amides is 2. The Balaban J connectivity index is 2.53. The number of aryl methyl sites for hydroxylation is 1. The van der Waals surface area contributed by atoms with Gasteiger partial charge in [0.15, 0.2) is 0 Å². The molecule has 2 amide bonds. The first-order valence-electron chi connectivity index (χ1n) is 5.67. The summed E-state index contributed by atoms with van der Waals surface area (Å²) in [6.07, 6.45) is 0.932. The van der Waals surface area contributed by atoms with Gasteiger partial charge in [-0.1, -0.05) is 34.1 Å². The van der Waals surface area contributed by atoms with Crippen LogP contribution in [0.4, 0.5) is 0 Å². The fourth-order valence-electron chi connectivity index (χ4n) is 1.42. The molecule has 0 heterocycles. The lowest BCUT2D eigenvalue weighted by Gasteiger charge is -2.22. The Labute approximate surface area is 115 Å². The smallest absolute Gasteiger partial charge is 0.242 e. The van der Waals surface area contributed by atoms with Crippen LogP contribution in [0.3, 0.4) is 0 Å². The lowest BCUT2D eigenvalue weighted by atomic mass is 10.0. The van der Waals surface area contributed by atoms with Crippen molar-refractivity contribution in [2.45, 2.75) is 32.2 Å². The summed E-state index contributed by atoms with van der Waals surface area (Å²) in [6, 6.07) is 7.73. The molecule has 0 fully saturated rings. The van der Waals surface area contributed by atoms with Crippen LogP contribution in [0, 0.1) is 0 Å². The van der Waals surface area contributed by atoms with Crippen LogP contribution in [0.5, 0.6) is 0 Å². The third-order valence-electron chi connectivity index (χ3n) is 2.65. The molecular formula is C13H17BrN2O2. The highest BCUT2D eigenvalue weighted by Gasteiger charge is 2.26. The molecule has 0 atom stereocenters. The molecule has 1 rings (SSSR count). The van der Waals surface area contributed by atoms with Crippen LogP contribution >= 0.6 is 15.9 Å². The van der Waals surface area contributed by atoms with Crippen molar-refractivity contribution in [2.24, 2.45) is 5.73 Å². The number of carbonyl (C=O) groups is 2. The summed E-state index contributed by atoms with van der Waals surface area (Å²) in [5, 5.41) is 2.62. The van der Waals surface area contributed by atoms with E-state index in [4.69, 9.17) is 5.73 Å². The largest absolute Gasteiger partial charge is 0.368 e. The van der Waals surface area contributed by atoms with Gasteiger partial charge in [0, 0.05) is 10.9 Å². The summed E-state index contributed by atoms with van der Waals surface area (Å²) < 4.78 is 0.979. The number of rotatable bonds is 5. The summed E-state index contributed by atoms with van der Waals surface area (Å²) in [6.45, 7) is 3.18. The Kier molecular flexibility index (Phi) is 4.90. The Hall–Kier alpha value is -1.36. The van der Waals surface area contributed by atoms with Gasteiger partial charge in [-0.25, -0.2) is 0 Å². The number of carbonyl (C=O) groups excluding carboxylic acids is 2. The van der Waals surface area contributed by atoms with E-state index in [0.29, 0.717) is 12.8 Å². The molecule has 4 nitrogen and oxygen atoms in total. The SMILES string of the molecule is CC(C)(NC(=O)CCc1ccccc1Br)C(N)=O. The molecule has 3 N–H and O–H groups in total. The van der Waals surface area contributed by atoms with Crippen molar-refractivity contribution in [3.63, 3.8) is 0 Å². The van der Waals surface area contributed by atoms with E-state index in [1.807, 2.05) is 24.3 Å². The molecule has 98 valence electrons. The predicted octanol–water partition coefficient (Wildman–Crippen LogP) is 1.76. The van der Waals surface area contributed by atoms with Crippen LogP contribution in [-0.4, -0.2) is 17.4 Å². The number of hydrogen-bond acceptors (Lipinski definition) is 2. The maximum Gasteiger partial charge on any atom is 0.242 e. The van der Waals surface area contributed by atoms with Crippen molar-refractivity contribution in [3.05, 3.63) is 34.3 Å². The van der Waals surface area contributed by atoms with Crippen LogP contribution < -0.4 is 11.1 Å². The van der Waals surface area contributed by atoms with Crippen LogP contribution in [0.25, 0.3) is 0 Å². The average molecular weight is 313 g/mol. The summed E-state index contributed by atoms with van der Waals surface area (Å²) in [5.74, 6) is -0.730. The molecule has 0 aliphatic heterocycles. The van der Waals surface area contributed by atoms with Gasteiger partial charge in [-0.3, -0.25) is 9.59 Å². The van der Waals surface area contributed by atoms with Gasteiger partial charge in [-0.2, -0.15) is 0 Å². The molecular weight excluding hydrogens is 296 g/mol. The molecule has 1 aromatic carbocycles. The Bertz CT molecular complexity index is 458. The zero-order valence-electron chi connectivity index (χ0n) is 10.5. The second-order valence-corrected chi connectivity index (χ2v) is 5.48. The minimum absolute atomic E-state index is 0.186. The van der Waals surface area contributed by atoms with Gasteiger partial charge in [0.1, 0.15) is 5.54 Å². The van der Waals surface area contributed by atoms with E-state index in [0.717, 1.165) is 10.0 Å². The molecule has 0 saturated heterocycles. The van der Waals surface area contributed by atoms with Gasteiger partial charge < -0.3 is 11.1 Å². The monoisotopic (exact) mass is 312 g/mol. The lowest BCUT2D eigenvalue weighted by molar-refractivity contribution is -0.130. The number of halogens is 1. The molecule has 0 aliphatic rings. The Morgan fingerprint density at radius 1 is 1.33 bits per heavy atom. The summed E-state index contributed by atoms with van der Waals surface area (Å²) in [4.78, 5) is 22.8. The number of hydrogen-bond donors (Lipinski definition) is 2. The number of nitrogens with one attached hydrogen (secondary N) is 1. The minimum Gasteiger partial charge on any atom is -0.368 e. The van der Waals surface area contributed by atoms with Crippen molar-refractivity contribution in [3.8, 4) is 0 Å². The van der Waals surface area contributed by atoms with Crippen molar-refractivity contribution in [1.29, 1.82) is 0 Å². The number of primary amides is 1.